The van der Waals surface area contributed by atoms with Crippen LogP contribution in [0.3, 0.4) is 0 Å². The molecular formula is C28H51N5O5Si2. The lowest BCUT2D eigenvalue weighted by Crippen LogP contribution is -2.45. The lowest BCUT2D eigenvalue weighted by atomic mass is 9.62. The van der Waals surface area contributed by atoms with E-state index in [0.717, 1.165) is 23.5 Å². The van der Waals surface area contributed by atoms with Gasteiger partial charge in [-0.05, 0) is 43.3 Å². The molecule has 2 heterocycles. The molecule has 40 heavy (non-hydrogen) atoms. The van der Waals surface area contributed by atoms with Crippen LogP contribution in [0.25, 0.3) is 5.65 Å². The fourth-order valence-electron chi connectivity index (χ4n) is 5.31. The van der Waals surface area contributed by atoms with Crippen LogP contribution >= 0.6 is 0 Å². The van der Waals surface area contributed by atoms with Crippen molar-refractivity contribution < 1.29 is 24.5 Å². The first-order valence-electron chi connectivity index (χ1n) is 14.7. The van der Waals surface area contributed by atoms with Crippen LogP contribution in [0.4, 0.5) is 11.5 Å². The molecule has 3 unspecified atom stereocenters. The van der Waals surface area contributed by atoms with E-state index in [-0.39, 0.29) is 18.4 Å². The maximum atomic E-state index is 12.1. The Kier molecular flexibility index (Phi) is 11.2. The summed E-state index contributed by atoms with van der Waals surface area (Å²) in [5, 5.41) is 31.4. The van der Waals surface area contributed by atoms with Gasteiger partial charge in [0, 0.05) is 47.2 Å². The second kappa shape index (κ2) is 13.8. The zero-order valence-electron chi connectivity index (χ0n) is 25.5. The molecule has 3 atom stereocenters. The number of ether oxygens (including phenoxy) is 2. The Morgan fingerprint density at radius 1 is 1.10 bits per heavy atom. The predicted octanol–water partition coefficient (Wildman–Crippen LogP) is 5.53. The summed E-state index contributed by atoms with van der Waals surface area (Å²) >= 11 is 0. The number of carboxylic acid groups (broad SMARTS) is 1. The Morgan fingerprint density at radius 3 is 2.27 bits per heavy atom. The second-order valence-electron chi connectivity index (χ2n) is 13.6. The third kappa shape index (κ3) is 8.51. The molecular weight excluding hydrogens is 543 g/mol. The van der Waals surface area contributed by atoms with E-state index in [2.05, 4.69) is 49.9 Å². The van der Waals surface area contributed by atoms with E-state index in [4.69, 9.17) is 19.6 Å². The Morgan fingerprint density at radius 2 is 1.73 bits per heavy atom. The minimum atomic E-state index is -1.18. The molecule has 226 valence electrons. The molecule has 12 heteroatoms. The van der Waals surface area contributed by atoms with Crippen molar-refractivity contribution >= 4 is 39.3 Å². The van der Waals surface area contributed by atoms with Gasteiger partial charge in [0.2, 0.25) is 0 Å². The molecule has 0 aliphatic heterocycles. The first kappa shape index (κ1) is 32.5. The molecule has 0 aromatic carbocycles. The van der Waals surface area contributed by atoms with Crippen LogP contribution in [0, 0.1) is 11.3 Å². The van der Waals surface area contributed by atoms with Gasteiger partial charge in [0.15, 0.2) is 11.5 Å². The molecule has 0 radical (unpaired) electrons. The normalized spacial score (nSPS) is 22.0. The number of carbonyl (C=O) groups is 1. The first-order chi connectivity index (χ1) is 18.8. The van der Waals surface area contributed by atoms with Crippen LogP contribution in [0.5, 0.6) is 0 Å². The Hall–Kier alpha value is -2.00. The van der Waals surface area contributed by atoms with Crippen LogP contribution in [0.15, 0.2) is 12.3 Å². The summed E-state index contributed by atoms with van der Waals surface area (Å²) < 4.78 is 13.6. The summed E-state index contributed by atoms with van der Waals surface area (Å²) in [6.07, 6.45) is 4.40. The van der Waals surface area contributed by atoms with E-state index in [1.807, 2.05) is 19.2 Å². The van der Waals surface area contributed by atoms with Gasteiger partial charge in [-0.2, -0.15) is 0 Å². The molecule has 0 spiro atoms. The van der Waals surface area contributed by atoms with Gasteiger partial charge >= 0.3 is 5.97 Å². The lowest BCUT2D eigenvalue weighted by molar-refractivity contribution is -0.159. The molecule has 0 bridgehead atoms. The number of aliphatic carboxylic acids is 1. The lowest BCUT2D eigenvalue weighted by Gasteiger charge is -2.42. The molecule has 3 rings (SSSR count). The van der Waals surface area contributed by atoms with Gasteiger partial charge in [0.1, 0.15) is 19.1 Å². The Bertz CT molecular complexity index is 1120. The number of nitrogens with one attached hydrogen (secondary N) is 2. The topological polar surface area (TPSA) is 130 Å². The van der Waals surface area contributed by atoms with E-state index >= 15 is 0 Å². The second-order valence-corrected chi connectivity index (χ2v) is 24.9. The third-order valence-corrected chi connectivity index (χ3v) is 11.5. The average molecular weight is 594 g/mol. The number of anilines is 2. The van der Waals surface area contributed by atoms with Gasteiger partial charge in [-0.15, -0.1) is 5.10 Å². The van der Waals surface area contributed by atoms with Crippen LogP contribution in [0.1, 0.15) is 44.2 Å². The molecule has 10 nitrogen and oxygen atoms in total. The first-order valence-corrected chi connectivity index (χ1v) is 22.1. The van der Waals surface area contributed by atoms with Crippen LogP contribution in [-0.2, 0) is 14.3 Å². The van der Waals surface area contributed by atoms with Crippen molar-refractivity contribution in [1.29, 1.82) is 0 Å². The molecule has 4 N–H and O–H groups in total. The van der Waals surface area contributed by atoms with Gasteiger partial charge in [-0.25, -0.2) is 9.50 Å². The summed E-state index contributed by atoms with van der Waals surface area (Å²) in [4.78, 5) is 17.1. The molecule has 0 saturated heterocycles. The van der Waals surface area contributed by atoms with Crippen LogP contribution in [0.2, 0.25) is 51.4 Å². The SMILES string of the molecule is CCC1CC(c2ccn3nc(NCOCC[Si](C)(C)C)c(NCOCC[Si](C)(C)C)c3n2)CCC1(CO)C(=O)O. The largest absolute Gasteiger partial charge is 0.481 e. The maximum absolute atomic E-state index is 12.1. The molecule has 0 amide bonds. The van der Waals surface area contributed by atoms with Crippen molar-refractivity contribution in [3.63, 3.8) is 0 Å². The fraction of sp³-hybridized carbons (Fsp3) is 0.750. The summed E-state index contributed by atoms with van der Waals surface area (Å²) in [5.74, 6) is -0.236. The number of hydrogen-bond acceptors (Lipinski definition) is 8. The van der Waals surface area contributed by atoms with E-state index in [1.54, 1.807) is 4.52 Å². The van der Waals surface area contributed by atoms with Gasteiger partial charge in [0.05, 0.1) is 12.0 Å². The monoisotopic (exact) mass is 593 g/mol. The van der Waals surface area contributed by atoms with Crippen molar-refractivity contribution in [2.75, 3.05) is 43.9 Å². The highest BCUT2D eigenvalue weighted by molar-refractivity contribution is 6.76. The predicted molar refractivity (Wildman–Crippen MR) is 166 cm³/mol. The molecule has 1 saturated carbocycles. The van der Waals surface area contributed by atoms with Gasteiger partial charge in [0.25, 0.3) is 0 Å². The summed E-state index contributed by atoms with van der Waals surface area (Å²) in [6, 6.07) is 4.17. The zero-order chi connectivity index (χ0) is 29.6. The highest BCUT2D eigenvalue weighted by atomic mass is 28.3. The van der Waals surface area contributed by atoms with Crippen molar-refractivity contribution in [3.8, 4) is 0 Å². The minimum Gasteiger partial charge on any atom is -0.481 e. The van der Waals surface area contributed by atoms with E-state index in [0.29, 0.717) is 63.8 Å². The number of fused-ring (bicyclic) bond motifs is 1. The van der Waals surface area contributed by atoms with Gasteiger partial charge in [-0.3, -0.25) is 4.79 Å². The maximum Gasteiger partial charge on any atom is 0.312 e. The highest BCUT2D eigenvalue weighted by Gasteiger charge is 2.48. The number of hydrogen-bond donors (Lipinski definition) is 4. The summed E-state index contributed by atoms with van der Waals surface area (Å²) in [5.41, 5.74) is 1.31. The minimum absolute atomic E-state index is 0.111. The smallest absolute Gasteiger partial charge is 0.312 e. The van der Waals surface area contributed by atoms with E-state index in [9.17, 15) is 15.0 Å². The van der Waals surface area contributed by atoms with Gasteiger partial charge < -0.3 is 30.3 Å². The number of rotatable bonds is 16. The highest BCUT2D eigenvalue weighted by Crippen LogP contribution is 2.48. The third-order valence-electron chi connectivity index (χ3n) is 8.10. The number of aromatic nitrogens is 3. The van der Waals surface area contributed by atoms with Crippen molar-refractivity contribution in [3.05, 3.63) is 18.0 Å². The Labute approximate surface area is 241 Å². The molecule has 1 fully saturated rings. The number of nitrogens with zero attached hydrogens (tertiary/aromatic N) is 3. The van der Waals surface area contributed by atoms with Gasteiger partial charge in [-0.1, -0.05) is 52.6 Å². The molecule has 2 aromatic heterocycles. The molecule has 1 aliphatic carbocycles. The fourth-order valence-corrected chi connectivity index (χ4v) is 6.82. The molecule has 2 aromatic rings. The zero-order valence-corrected chi connectivity index (χ0v) is 27.5. The van der Waals surface area contributed by atoms with E-state index in [1.165, 1.54) is 0 Å². The molecule has 1 aliphatic rings. The standard InChI is InChI=1S/C28H51N5O5Si2/c1-8-22-17-21(9-11-28(22,18-34)27(35)36)23-10-12-33-26(31-23)24(29-19-37-13-15-39(2,3)4)25(32-33)30-20-38-14-16-40(5,6)7/h10,12,21-22,29,34H,8-9,11,13-20H2,1-7H3,(H,30,32)(H,35,36). The summed E-state index contributed by atoms with van der Waals surface area (Å²) in [7, 11) is -2.35. The van der Waals surface area contributed by atoms with Crippen LogP contribution < -0.4 is 10.6 Å². The number of aliphatic hydroxyl groups excluding tert-OH is 1. The quantitative estimate of drug-likeness (QED) is 0.113. The van der Waals surface area contributed by atoms with Crippen molar-refractivity contribution in [1.82, 2.24) is 14.6 Å². The Balaban J connectivity index is 1.79. The number of aliphatic hydroxyl groups is 1. The number of carboxylic acids is 1. The van der Waals surface area contributed by atoms with Crippen molar-refractivity contribution in [2.45, 2.75) is 89.9 Å². The average Bonchev–Trinajstić information content (AvgIpc) is 3.22. The van der Waals surface area contributed by atoms with Crippen LogP contribution in [-0.4, -0.2) is 80.2 Å². The summed E-state index contributed by atoms with van der Waals surface area (Å²) in [6.45, 7) is 17.8. The van der Waals surface area contributed by atoms with Crippen molar-refractivity contribution in [2.24, 2.45) is 11.3 Å². The van der Waals surface area contributed by atoms with E-state index < -0.39 is 27.5 Å².